The van der Waals surface area contributed by atoms with Crippen LogP contribution in [0.5, 0.6) is 0 Å². The van der Waals surface area contributed by atoms with Crippen LogP contribution in [0.15, 0.2) is 59.6 Å². The zero-order chi connectivity index (χ0) is 17.4. The molecule has 4 nitrogen and oxygen atoms in total. The number of H-pyrrole nitrogens is 1. The minimum Gasteiger partial charge on any atom is -0.361 e. The number of hydrogen-bond acceptors (Lipinski definition) is 3. The standard InChI is InChI=1S/C20H16N2O2S/c1-13-6-8-14(9-7-13)12-22-19(23)18(25-20(22)24)10-15-11-21-17-5-3-2-4-16(15)17/h2-11,21H,12H2,1H3/b18-10+. The molecule has 5 heteroatoms. The number of rotatable bonds is 3. The Morgan fingerprint density at radius 1 is 1.08 bits per heavy atom. The molecular weight excluding hydrogens is 332 g/mol. The summed E-state index contributed by atoms with van der Waals surface area (Å²) in [7, 11) is 0. The Labute approximate surface area is 149 Å². The number of carbonyl (C=O) groups excluding carboxylic acids is 2. The first kappa shape index (κ1) is 15.7. The van der Waals surface area contributed by atoms with Crippen molar-refractivity contribution in [2.75, 3.05) is 0 Å². The molecule has 1 fully saturated rings. The van der Waals surface area contributed by atoms with Crippen molar-refractivity contribution in [2.24, 2.45) is 0 Å². The summed E-state index contributed by atoms with van der Waals surface area (Å²) in [5.74, 6) is -0.235. The molecule has 0 spiro atoms. The molecule has 3 aromatic rings. The number of aryl methyl sites for hydroxylation is 1. The molecule has 0 aliphatic carbocycles. The first-order chi connectivity index (χ1) is 12.1. The number of benzene rings is 2. The van der Waals surface area contributed by atoms with Gasteiger partial charge in [0, 0.05) is 22.7 Å². The van der Waals surface area contributed by atoms with Crippen LogP contribution in [0.3, 0.4) is 0 Å². The van der Waals surface area contributed by atoms with Crippen LogP contribution in [0.4, 0.5) is 4.79 Å². The summed E-state index contributed by atoms with van der Waals surface area (Å²) in [6, 6.07) is 15.7. The number of para-hydroxylation sites is 1. The lowest BCUT2D eigenvalue weighted by molar-refractivity contribution is -0.123. The predicted molar refractivity (Wildman–Crippen MR) is 101 cm³/mol. The molecule has 1 N–H and O–H groups in total. The summed E-state index contributed by atoms with van der Waals surface area (Å²) in [5.41, 5.74) is 4.02. The topological polar surface area (TPSA) is 53.2 Å². The van der Waals surface area contributed by atoms with Crippen LogP contribution >= 0.6 is 11.8 Å². The third-order valence-corrected chi connectivity index (χ3v) is 5.15. The van der Waals surface area contributed by atoms with E-state index in [4.69, 9.17) is 0 Å². The van der Waals surface area contributed by atoms with Crippen LogP contribution in [0.25, 0.3) is 17.0 Å². The molecule has 1 aromatic heterocycles. The van der Waals surface area contributed by atoms with Crippen molar-refractivity contribution < 1.29 is 9.59 Å². The molecule has 2 aromatic carbocycles. The number of nitrogens with zero attached hydrogens (tertiary/aromatic N) is 1. The average molecular weight is 348 g/mol. The Bertz CT molecular complexity index is 1000. The molecule has 2 amide bonds. The maximum absolute atomic E-state index is 12.7. The fourth-order valence-corrected chi connectivity index (χ4v) is 3.70. The van der Waals surface area contributed by atoms with E-state index >= 15 is 0 Å². The first-order valence-electron chi connectivity index (χ1n) is 7.99. The van der Waals surface area contributed by atoms with Crippen LogP contribution in [0.2, 0.25) is 0 Å². The van der Waals surface area contributed by atoms with E-state index in [1.165, 1.54) is 4.90 Å². The van der Waals surface area contributed by atoms with E-state index in [0.29, 0.717) is 11.4 Å². The fraction of sp³-hybridized carbons (Fsp3) is 0.100. The Hall–Kier alpha value is -2.79. The van der Waals surface area contributed by atoms with Crippen LogP contribution in [0.1, 0.15) is 16.7 Å². The van der Waals surface area contributed by atoms with Gasteiger partial charge in [-0.25, -0.2) is 0 Å². The van der Waals surface area contributed by atoms with Gasteiger partial charge in [0.1, 0.15) is 0 Å². The van der Waals surface area contributed by atoms with Gasteiger partial charge in [-0.2, -0.15) is 0 Å². The second-order valence-corrected chi connectivity index (χ2v) is 7.04. The number of fused-ring (bicyclic) bond motifs is 1. The quantitative estimate of drug-likeness (QED) is 0.697. The van der Waals surface area contributed by atoms with Crippen molar-refractivity contribution in [3.63, 3.8) is 0 Å². The third-order valence-electron chi connectivity index (χ3n) is 4.24. The highest BCUT2D eigenvalue weighted by Crippen LogP contribution is 2.34. The van der Waals surface area contributed by atoms with Crippen molar-refractivity contribution in [1.82, 2.24) is 9.88 Å². The lowest BCUT2D eigenvalue weighted by Crippen LogP contribution is -2.27. The van der Waals surface area contributed by atoms with Gasteiger partial charge in [0.2, 0.25) is 0 Å². The number of thioether (sulfide) groups is 1. The van der Waals surface area contributed by atoms with E-state index in [0.717, 1.165) is 39.4 Å². The zero-order valence-electron chi connectivity index (χ0n) is 13.7. The van der Waals surface area contributed by atoms with Crippen molar-refractivity contribution in [2.45, 2.75) is 13.5 Å². The Kier molecular flexibility index (Phi) is 3.93. The minimum absolute atomic E-state index is 0.225. The number of amides is 2. The van der Waals surface area contributed by atoms with Gasteiger partial charge in [0.15, 0.2) is 0 Å². The SMILES string of the molecule is Cc1ccc(CN2C(=O)S/C(=C/c3c[nH]c4ccccc34)C2=O)cc1. The first-order valence-corrected chi connectivity index (χ1v) is 8.80. The number of aromatic nitrogens is 1. The number of carbonyl (C=O) groups is 2. The highest BCUT2D eigenvalue weighted by molar-refractivity contribution is 8.18. The van der Waals surface area contributed by atoms with Gasteiger partial charge >= 0.3 is 0 Å². The van der Waals surface area contributed by atoms with E-state index in [-0.39, 0.29) is 11.1 Å². The highest BCUT2D eigenvalue weighted by Gasteiger charge is 2.35. The molecule has 0 bridgehead atoms. The van der Waals surface area contributed by atoms with Gasteiger partial charge in [-0.05, 0) is 36.4 Å². The predicted octanol–water partition coefficient (Wildman–Crippen LogP) is 4.71. The summed E-state index contributed by atoms with van der Waals surface area (Å²) in [6.07, 6.45) is 3.65. The van der Waals surface area contributed by atoms with Crippen molar-refractivity contribution >= 4 is 39.9 Å². The molecule has 4 rings (SSSR count). The van der Waals surface area contributed by atoms with Crippen molar-refractivity contribution in [1.29, 1.82) is 0 Å². The summed E-state index contributed by atoms with van der Waals surface area (Å²) < 4.78 is 0. The molecule has 1 aliphatic rings. The molecule has 124 valence electrons. The Morgan fingerprint density at radius 3 is 2.64 bits per heavy atom. The van der Waals surface area contributed by atoms with Crippen molar-refractivity contribution in [3.05, 3.63) is 76.3 Å². The Morgan fingerprint density at radius 2 is 1.84 bits per heavy atom. The molecule has 0 saturated carbocycles. The largest absolute Gasteiger partial charge is 0.361 e. The average Bonchev–Trinajstić information content (AvgIpc) is 3.14. The smallest absolute Gasteiger partial charge is 0.293 e. The minimum atomic E-state index is -0.235. The maximum Gasteiger partial charge on any atom is 0.293 e. The second-order valence-electron chi connectivity index (χ2n) is 6.04. The second kappa shape index (κ2) is 6.26. The van der Waals surface area contributed by atoms with E-state index in [9.17, 15) is 9.59 Å². The number of imide groups is 1. The van der Waals surface area contributed by atoms with Crippen LogP contribution < -0.4 is 0 Å². The lowest BCUT2D eigenvalue weighted by atomic mass is 10.1. The summed E-state index contributed by atoms with van der Waals surface area (Å²) >= 11 is 0.996. The van der Waals surface area contributed by atoms with E-state index in [2.05, 4.69) is 4.98 Å². The van der Waals surface area contributed by atoms with E-state index in [1.54, 1.807) is 6.08 Å². The third kappa shape index (κ3) is 2.98. The molecule has 0 radical (unpaired) electrons. The normalized spacial score (nSPS) is 16.4. The van der Waals surface area contributed by atoms with E-state index < -0.39 is 0 Å². The molecule has 0 atom stereocenters. The van der Waals surface area contributed by atoms with Crippen LogP contribution in [-0.2, 0) is 11.3 Å². The Balaban J connectivity index is 1.61. The van der Waals surface area contributed by atoms with Gasteiger partial charge in [-0.3, -0.25) is 14.5 Å². The zero-order valence-corrected chi connectivity index (χ0v) is 14.5. The molecule has 1 saturated heterocycles. The van der Waals surface area contributed by atoms with Crippen molar-refractivity contribution in [3.8, 4) is 0 Å². The maximum atomic E-state index is 12.7. The molecule has 2 heterocycles. The molecular formula is C20H16N2O2S. The number of nitrogens with one attached hydrogen (secondary N) is 1. The number of aromatic amines is 1. The fourth-order valence-electron chi connectivity index (χ4n) is 2.87. The van der Waals surface area contributed by atoms with E-state index in [1.807, 2.05) is 61.7 Å². The molecule has 1 aliphatic heterocycles. The van der Waals surface area contributed by atoms with Gasteiger partial charge < -0.3 is 4.98 Å². The molecule has 25 heavy (non-hydrogen) atoms. The highest BCUT2D eigenvalue weighted by atomic mass is 32.2. The van der Waals surface area contributed by atoms with Gasteiger partial charge in [-0.1, -0.05) is 48.0 Å². The van der Waals surface area contributed by atoms with Gasteiger partial charge in [0.05, 0.1) is 11.4 Å². The summed E-state index contributed by atoms with van der Waals surface area (Å²) in [6.45, 7) is 2.31. The molecule has 0 unspecified atom stereocenters. The van der Waals surface area contributed by atoms with Crippen LogP contribution in [-0.4, -0.2) is 21.0 Å². The lowest BCUT2D eigenvalue weighted by Gasteiger charge is -2.12. The van der Waals surface area contributed by atoms with Gasteiger partial charge in [-0.15, -0.1) is 0 Å². The summed E-state index contributed by atoms with van der Waals surface area (Å²) in [5, 5.41) is 0.810. The monoisotopic (exact) mass is 348 g/mol. The summed E-state index contributed by atoms with van der Waals surface area (Å²) in [4.78, 5) is 29.9. The number of hydrogen-bond donors (Lipinski definition) is 1. The van der Waals surface area contributed by atoms with Crippen LogP contribution in [0, 0.1) is 6.92 Å². The van der Waals surface area contributed by atoms with Gasteiger partial charge in [0.25, 0.3) is 11.1 Å².